The molecule has 0 bridgehead atoms. The van der Waals surface area contributed by atoms with Crippen molar-refractivity contribution in [2.75, 3.05) is 6.26 Å². The Hall–Kier alpha value is -2.06. The van der Waals surface area contributed by atoms with E-state index in [1.165, 1.54) is 27.1 Å². The predicted octanol–water partition coefficient (Wildman–Crippen LogP) is 5.75. The fourth-order valence-electron chi connectivity index (χ4n) is 2.62. The van der Waals surface area contributed by atoms with Gasteiger partial charge >= 0.3 is 0 Å². The maximum Gasteiger partial charge on any atom is 0.0723 e. The number of thioether (sulfide) groups is 1. The van der Waals surface area contributed by atoms with Gasteiger partial charge in [-0.25, -0.2) is 4.98 Å². The van der Waals surface area contributed by atoms with Gasteiger partial charge < -0.3 is 0 Å². The van der Waals surface area contributed by atoms with Gasteiger partial charge in [-0.1, -0.05) is 48.5 Å². The van der Waals surface area contributed by atoms with Crippen molar-refractivity contribution in [2.45, 2.75) is 18.7 Å². The Bertz CT molecular complexity index is 745. The van der Waals surface area contributed by atoms with Gasteiger partial charge in [0.05, 0.1) is 11.4 Å². The highest BCUT2D eigenvalue weighted by molar-refractivity contribution is 7.98. The van der Waals surface area contributed by atoms with Crippen molar-refractivity contribution >= 4 is 11.8 Å². The van der Waals surface area contributed by atoms with Crippen LogP contribution < -0.4 is 0 Å². The molecule has 0 aliphatic carbocycles. The van der Waals surface area contributed by atoms with Crippen LogP contribution in [0.25, 0.3) is 22.5 Å². The summed E-state index contributed by atoms with van der Waals surface area (Å²) in [6, 6.07) is 21.2. The lowest BCUT2D eigenvalue weighted by atomic mass is 10.0. The van der Waals surface area contributed by atoms with Gasteiger partial charge in [0.15, 0.2) is 0 Å². The molecule has 0 saturated carbocycles. The van der Waals surface area contributed by atoms with E-state index in [0.717, 1.165) is 11.4 Å². The van der Waals surface area contributed by atoms with E-state index in [0.29, 0.717) is 0 Å². The van der Waals surface area contributed by atoms with Crippen molar-refractivity contribution in [3.05, 3.63) is 71.8 Å². The molecule has 1 aromatic heterocycles. The molecule has 2 heteroatoms. The minimum atomic E-state index is 1.04. The van der Waals surface area contributed by atoms with E-state index in [1.54, 1.807) is 11.8 Å². The molecule has 110 valence electrons. The van der Waals surface area contributed by atoms with Crippen LogP contribution in [-0.2, 0) is 0 Å². The van der Waals surface area contributed by atoms with Gasteiger partial charge in [-0.15, -0.1) is 11.8 Å². The minimum Gasteiger partial charge on any atom is -0.248 e. The van der Waals surface area contributed by atoms with Crippen LogP contribution in [0.1, 0.15) is 11.1 Å². The number of rotatable bonds is 3. The Morgan fingerprint density at radius 3 is 1.59 bits per heavy atom. The average Bonchev–Trinajstić information content (AvgIpc) is 2.55. The summed E-state index contributed by atoms with van der Waals surface area (Å²) in [5, 5.41) is 0. The van der Waals surface area contributed by atoms with Crippen LogP contribution in [0, 0.1) is 13.8 Å². The van der Waals surface area contributed by atoms with Crippen LogP contribution in [0.2, 0.25) is 0 Å². The molecule has 2 aromatic carbocycles. The standard InChI is InChI=1S/C20H19NS/c1-14-8-4-6-10-17(14)19-12-16(22-3)13-20(21-19)18-11-7-5-9-15(18)2/h4-13H,1-3H3. The largest absolute Gasteiger partial charge is 0.248 e. The summed E-state index contributed by atoms with van der Waals surface area (Å²) in [5.41, 5.74) is 7.00. The number of hydrogen-bond donors (Lipinski definition) is 0. The molecule has 1 heterocycles. The zero-order valence-electron chi connectivity index (χ0n) is 13.1. The van der Waals surface area contributed by atoms with Crippen molar-refractivity contribution in [1.82, 2.24) is 4.98 Å². The molecule has 3 aromatic rings. The van der Waals surface area contributed by atoms with Crippen LogP contribution in [0.3, 0.4) is 0 Å². The lowest BCUT2D eigenvalue weighted by molar-refractivity contribution is 1.25. The predicted molar refractivity (Wildman–Crippen MR) is 96.4 cm³/mol. The molecule has 0 unspecified atom stereocenters. The molecule has 0 fully saturated rings. The monoisotopic (exact) mass is 305 g/mol. The van der Waals surface area contributed by atoms with Gasteiger partial charge in [0.25, 0.3) is 0 Å². The maximum absolute atomic E-state index is 4.93. The van der Waals surface area contributed by atoms with Gasteiger partial charge in [-0.3, -0.25) is 0 Å². The molecule has 0 radical (unpaired) electrons. The SMILES string of the molecule is CSc1cc(-c2ccccc2C)nc(-c2ccccc2C)c1. The Morgan fingerprint density at radius 2 is 1.18 bits per heavy atom. The third-order valence-corrected chi connectivity index (χ3v) is 4.58. The van der Waals surface area contributed by atoms with Crippen LogP contribution in [0.15, 0.2) is 65.6 Å². The van der Waals surface area contributed by atoms with Crippen molar-refractivity contribution in [1.29, 1.82) is 0 Å². The van der Waals surface area contributed by atoms with Gasteiger partial charge in [-0.05, 0) is 43.4 Å². The first-order valence-electron chi connectivity index (χ1n) is 7.37. The Balaban J connectivity index is 2.20. The van der Waals surface area contributed by atoms with Crippen molar-refractivity contribution in [2.24, 2.45) is 0 Å². The molecule has 0 spiro atoms. The smallest absolute Gasteiger partial charge is 0.0723 e. The summed E-state index contributed by atoms with van der Waals surface area (Å²) in [6.45, 7) is 4.27. The summed E-state index contributed by atoms with van der Waals surface area (Å²) < 4.78 is 0. The lowest BCUT2D eigenvalue weighted by Crippen LogP contribution is -1.93. The first kappa shape index (κ1) is 14.9. The Labute approximate surface area is 136 Å². The fraction of sp³-hybridized carbons (Fsp3) is 0.150. The van der Waals surface area contributed by atoms with Crippen LogP contribution in [-0.4, -0.2) is 11.2 Å². The van der Waals surface area contributed by atoms with E-state index in [9.17, 15) is 0 Å². The summed E-state index contributed by atoms with van der Waals surface area (Å²) in [5.74, 6) is 0. The molecule has 0 aliphatic heterocycles. The highest BCUT2D eigenvalue weighted by atomic mass is 32.2. The number of aryl methyl sites for hydroxylation is 2. The molecule has 0 N–H and O–H groups in total. The molecule has 0 aliphatic rings. The van der Waals surface area contributed by atoms with E-state index < -0.39 is 0 Å². The second-order valence-electron chi connectivity index (χ2n) is 5.41. The third kappa shape index (κ3) is 2.93. The normalized spacial score (nSPS) is 10.7. The number of nitrogens with zero attached hydrogens (tertiary/aromatic N) is 1. The molecule has 0 amide bonds. The van der Waals surface area contributed by atoms with Gasteiger partial charge in [-0.2, -0.15) is 0 Å². The zero-order valence-corrected chi connectivity index (χ0v) is 13.9. The Kier molecular flexibility index (Phi) is 4.30. The summed E-state index contributed by atoms with van der Waals surface area (Å²) >= 11 is 1.76. The van der Waals surface area contributed by atoms with Crippen LogP contribution >= 0.6 is 11.8 Å². The van der Waals surface area contributed by atoms with E-state index in [1.807, 2.05) is 0 Å². The molecular weight excluding hydrogens is 286 g/mol. The highest BCUT2D eigenvalue weighted by Crippen LogP contribution is 2.31. The second kappa shape index (κ2) is 6.37. The zero-order chi connectivity index (χ0) is 15.5. The number of hydrogen-bond acceptors (Lipinski definition) is 2. The van der Waals surface area contributed by atoms with Crippen LogP contribution in [0.5, 0.6) is 0 Å². The van der Waals surface area contributed by atoms with Crippen molar-refractivity contribution in [3.63, 3.8) is 0 Å². The van der Waals surface area contributed by atoms with Crippen molar-refractivity contribution in [3.8, 4) is 22.5 Å². The van der Waals surface area contributed by atoms with E-state index in [2.05, 4.69) is 80.8 Å². The summed E-state index contributed by atoms with van der Waals surface area (Å²) in [7, 11) is 0. The van der Waals surface area contributed by atoms with Gasteiger partial charge in [0.1, 0.15) is 0 Å². The number of pyridine rings is 1. The Morgan fingerprint density at radius 1 is 0.727 bits per heavy atom. The summed E-state index contributed by atoms with van der Waals surface area (Å²) in [4.78, 5) is 6.17. The minimum absolute atomic E-state index is 1.04. The molecule has 22 heavy (non-hydrogen) atoms. The quantitative estimate of drug-likeness (QED) is 0.571. The van der Waals surface area contributed by atoms with E-state index in [-0.39, 0.29) is 0 Å². The van der Waals surface area contributed by atoms with Gasteiger partial charge in [0.2, 0.25) is 0 Å². The van der Waals surface area contributed by atoms with Crippen LogP contribution in [0.4, 0.5) is 0 Å². The average molecular weight is 305 g/mol. The topological polar surface area (TPSA) is 12.9 Å². The molecule has 3 rings (SSSR count). The lowest BCUT2D eigenvalue weighted by Gasteiger charge is -2.11. The molecule has 0 atom stereocenters. The molecular formula is C20H19NS. The first-order chi connectivity index (χ1) is 10.7. The van der Waals surface area contributed by atoms with E-state index in [4.69, 9.17) is 4.98 Å². The van der Waals surface area contributed by atoms with Crippen molar-refractivity contribution < 1.29 is 0 Å². The number of benzene rings is 2. The molecule has 1 nitrogen and oxygen atoms in total. The summed E-state index contributed by atoms with van der Waals surface area (Å²) in [6.07, 6.45) is 2.11. The first-order valence-corrected chi connectivity index (χ1v) is 8.59. The molecule has 0 saturated heterocycles. The maximum atomic E-state index is 4.93. The highest BCUT2D eigenvalue weighted by Gasteiger charge is 2.09. The van der Waals surface area contributed by atoms with Gasteiger partial charge in [0, 0.05) is 16.0 Å². The fourth-order valence-corrected chi connectivity index (χ4v) is 3.08. The van der Waals surface area contributed by atoms with E-state index >= 15 is 0 Å². The second-order valence-corrected chi connectivity index (χ2v) is 6.29. The number of aromatic nitrogens is 1. The third-order valence-electron chi connectivity index (χ3n) is 3.88.